The van der Waals surface area contributed by atoms with Crippen LogP contribution in [0, 0.1) is 5.82 Å². The maximum Gasteiger partial charge on any atom is 0.243 e. The van der Waals surface area contributed by atoms with Crippen molar-refractivity contribution in [1.29, 1.82) is 0 Å². The quantitative estimate of drug-likeness (QED) is 0.757. The number of hydrogen-bond donors (Lipinski definition) is 1. The number of carbonyl (C=O) groups excluding carboxylic acids is 1. The van der Waals surface area contributed by atoms with Gasteiger partial charge in [-0.3, -0.25) is 4.79 Å². The molecule has 2 aromatic rings. The van der Waals surface area contributed by atoms with Crippen molar-refractivity contribution >= 4 is 15.9 Å². The number of amides is 1. The van der Waals surface area contributed by atoms with Crippen molar-refractivity contribution in [3.05, 3.63) is 53.8 Å². The summed E-state index contributed by atoms with van der Waals surface area (Å²) in [4.78, 5) is 12.3. The van der Waals surface area contributed by atoms with Crippen LogP contribution in [0.25, 0.3) is 0 Å². The minimum atomic E-state index is -3.88. The summed E-state index contributed by atoms with van der Waals surface area (Å²) in [6.07, 6.45) is 0. The fraction of sp³-hybridized carbons (Fsp3) is 0.316. The molecule has 0 spiro atoms. The van der Waals surface area contributed by atoms with Gasteiger partial charge >= 0.3 is 0 Å². The second-order valence-corrected chi connectivity index (χ2v) is 8.08. The summed E-state index contributed by atoms with van der Waals surface area (Å²) in [7, 11) is -3.88. The SMILES string of the molecule is CCN(CC(=O)NCc1ccc(F)cc1)S(=O)(=O)c1ccc2c(c1)OCCO2. The van der Waals surface area contributed by atoms with Crippen molar-refractivity contribution in [3.8, 4) is 11.5 Å². The molecule has 0 unspecified atom stereocenters. The van der Waals surface area contributed by atoms with Gasteiger partial charge in [0.2, 0.25) is 15.9 Å². The summed E-state index contributed by atoms with van der Waals surface area (Å²) in [6, 6.07) is 10.1. The van der Waals surface area contributed by atoms with Crippen LogP contribution in [0.2, 0.25) is 0 Å². The Morgan fingerprint density at radius 2 is 1.79 bits per heavy atom. The Labute approximate surface area is 163 Å². The standard InChI is InChI=1S/C19H21FN2O5S/c1-2-22(13-19(23)21-12-14-3-5-15(20)6-4-14)28(24,25)16-7-8-17-18(11-16)27-10-9-26-17/h3-8,11H,2,9-10,12-13H2,1H3,(H,21,23). The predicted molar refractivity (Wildman–Crippen MR) is 100 cm³/mol. The van der Waals surface area contributed by atoms with E-state index in [1.807, 2.05) is 0 Å². The average molecular weight is 408 g/mol. The van der Waals surface area contributed by atoms with Crippen LogP contribution in [0.1, 0.15) is 12.5 Å². The minimum absolute atomic E-state index is 0.0323. The second kappa shape index (κ2) is 8.57. The lowest BCUT2D eigenvalue weighted by Crippen LogP contribution is -2.40. The van der Waals surface area contributed by atoms with Crippen molar-refractivity contribution in [2.24, 2.45) is 0 Å². The molecule has 0 radical (unpaired) electrons. The highest BCUT2D eigenvalue weighted by Crippen LogP contribution is 2.33. The van der Waals surface area contributed by atoms with Crippen molar-refractivity contribution in [1.82, 2.24) is 9.62 Å². The number of hydrogen-bond acceptors (Lipinski definition) is 5. The number of nitrogens with zero attached hydrogens (tertiary/aromatic N) is 1. The molecule has 0 atom stereocenters. The summed E-state index contributed by atoms with van der Waals surface area (Å²) in [5.41, 5.74) is 0.715. The number of fused-ring (bicyclic) bond motifs is 1. The van der Waals surface area contributed by atoms with Gasteiger partial charge in [-0.25, -0.2) is 12.8 Å². The zero-order chi connectivity index (χ0) is 20.1. The normalized spacial score (nSPS) is 13.4. The predicted octanol–water partition coefficient (Wildman–Crippen LogP) is 1.92. The Hall–Kier alpha value is -2.65. The molecule has 1 aliphatic rings. The molecule has 150 valence electrons. The third-order valence-electron chi connectivity index (χ3n) is 4.23. The molecular weight excluding hydrogens is 387 g/mol. The molecule has 0 aromatic heterocycles. The van der Waals surface area contributed by atoms with Crippen LogP contribution in [-0.4, -0.2) is 44.9 Å². The Bertz CT molecular complexity index is 947. The van der Waals surface area contributed by atoms with E-state index in [-0.39, 0.29) is 30.3 Å². The maximum atomic E-state index is 12.9. The molecule has 2 aromatic carbocycles. The number of halogens is 1. The first-order valence-corrected chi connectivity index (χ1v) is 10.2. The number of nitrogens with one attached hydrogen (secondary N) is 1. The first kappa shape index (κ1) is 20.1. The molecule has 0 saturated heterocycles. The Morgan fingerprint density at radius 3 is 2.46 bits per heavy atom. The third-order valence-corrected chi connectivity index (χ3v) is 6.14. The van der Waals surface area contributed by atoms with Crippen LogP contribution >= 0.6 is 0 Å². The van der Waals surface area contributed by atoms with Gasteiger partial charge in [-0.05, 0) is 29.8 Å². The molecule has 0 fully saturated rings. The van der Waals surface area contributed by atoms with Gasteiger partial charge in [-0.1, -0.05) is 19.1 Å². The van der Waals surface area contributed by atoms with Gasteiger partial charge in [-0.2, -0.15) is 4.31 Å². The van der Waals surface area contributed by atoms with E-state index in [1.165, 1.54) is 24.3 Å². The Morgan fingerprint density at radius 1 is 1.11 bits per heavy atom. The van der Waals surface area contributed by atoms with Gasteiger partial charge in [0.1, 0.15) is 19.0 Å². The van der Waals surface area contributed by atoms with Gasteiger partial charge in [-0.15, -0.1) is 0 Å². The number of rotatable bonds is 7. The number of ether oxygens (including phenoxy) is 2. The van der Waals surface area contributed by atoms with Crippen LogP contribution in [0.3, 0.4) is 0 Å². The average Bonchev–Trinajstić information content (AvgIpc) is 2.71. The van der Waals surface area contributed by atoms with Crippen LogP contribution in [0.4, 0.5) is 4.39 Å². The lowest BCUT2D eigenvalue weighted by atomic mass is 10.2. The molecule has 28 heavy (non-hydrogen) atoms. The van der Waals surface area contributed by atoms with Crippen molar-refractivity contribution in [3.63, 3.8) is 0 Å². The van der Waals surface area contributed by atoms with E-state index >= 15 is 0 Å². The fourth-order valence-electron chi connectivity index (χ4n) is 2.72. The lowest BCUT2D eigenvalue weighted by molar-refractivity contribution is -0.121. The highest BCUT2D eigenvalue weighted by Gasteiger charge is 2.27. The largest absolute Gasteiger partial charge is 0.486 e. The molecule has 1 N–H and O–H groups in total. The molecule has 1 aliphatic heterocycles. The molecule has 7 nitrogen and oxygen atoms in total. The first-order chi connectivity index (χ1) is 13.4. The Balaban J connectivity index is 1.67. The molecule has 0 bridgehead atoms. The second-order valence-electron chi connectivity index (χ2n) is 6.14. The molecule has 1 amide bonds. The van der Waals surface area contributed by atoms with Crippen molar-refractivity contribution in [2.45, 2.75) is 18.4 Å². The fourth-order valence-corrected chi connectivity index (χ4v) is 4.14. The maximum absolute atomic E-state index is 12.9. The molecule has 9 heteroatoms. The van der Waals surface area contributed by atoms with E-state index < -0.39 is 15.9 Å². The smallest absolute Gasteiger partial charge is 0.243 e. The van der Waals surface area contributed by atoms with E-state index in [1.54, 1.807) is 25.1 Å². The third kappa shape index (κ3) is 4.60. The van der Waals surface area contributed by atoms with E-state index in [2.05, 4.69) is 5.32 Å². The number of carbonyl (C=O) groups is 1. The van der Waals surface area contributed by atoms with E-state index in [4.69, 9.17) is 9.47 Å². The van der Waals surface area contributed by atoms with Gasteiger partial charge in [0.25, 0.3) is 0 Å². The topological polar surface area (TPSA) is 84.9 Å². The minimum Gasteiger partial charge on any atom is -0.486 e. The van der Waals surface area contributed by atoms with E-state index in [9.17, 15) is 17.6 Å². The summed E-state index contributed by atoms with van der Waals surface area (Å²) in [5, 5.41) is 2.64. The summed E-state index contributed by atoms with van der Waals surface area (Å²) in [6.45, 7) is 2.40. The molecule has 0 saturated carbocycles. The summed E-state index contributed by atoms with van der Waals surface area (Å²) >= 11 is 0. The Kier molecular flexibility index (Phi) is 6.15. The zero-order valence-electron chi connectivity index (χ0n) is 15.4. The van der Waals surface area contributed by atoms with Gasteiger partial charge in [0.05, 0.1) is 11.4 Å². The van der Waals surface area contributed by atoms with Crippen LogP contribution in [0.15, 0.2) is 47.4 Å². The molecule has 3 rings (SSSR count). The summed E-state index contributed by atoms with van der Waals surface area (Å²) < 4.78 is 50.7. The molecule has 1 heterocycles. The number of benzene rings is 2. The van der Waals surface area contributed by atoms with E-state index in [0.29, 0.717) is 30.3 Å². The zero-order valence-corrected chi connectivity index (χ0v) is 16.2. The van der Waals surface area contributed by atoms with Gasteiger partial charge in [0.15, 0.2) is 11.5 Å². The van der Waals surface area contributed by atoms with E-state index in [0.717, 1.165) is 4.31 Å². The number of sulfonamides is 1. The van der Waals surface area contributed by atoms with Crippen molar-refractivity contribution < 1.29 is 27.1 Å². The van der Waals surface area contributed by atoms with Crippen LogP contribution in [0.5, 0.6) is 11.5 Å². The van der Waals surface area contributed by atoms with Gasteiger partial charge in [0, 0.05) is 19.2 Å². The lowest BCUT2D eigenvalue weighted by Gasteiger charge is -2.22. The van der Waals surface area contributed by atoms with Gasteiger partial charge < -0.3 is 14.8 Å². The van der Waals surface area contributed by atoms with Crippen LogP contribution in [-0.2, 0) is 21.4 Å². The monoisotopic (exact) mass is 408 g/mol. The highest BCUT2D eigenvalue weighted by atomic mass is 32.2. The number of likely N-dealkylation sites (N-methyl/N-ethyl adjacent to an activating group) is 1. The molecular formula is C19H21FN2O5S. The summed E-state index contributed by atoms with van der Waals surface area (Å²) in [5.74, 6) is 0.0412. The van der Waals surface area contributed by atoms with Crippen LogP contribution < -0.4 is 14.8 Å². The molecule has 0 aliphatic carbocycles. The highest BCUT2D eigenvalue weighted by molar-refractivity contribution is 7.89. The van der Waals surface area contributed by atoms with Crippen molar-refractivity contribution in [2.75, 3.05) is 26.3 Å². The first-order valence-electron chi connectivity index (χ1n) is 8.81.